The first-order chi connectivity index (χ1) is 14.7. The minimum Gasteiger partial charge on any atom is -0.482 e. The molecule has 31 heavy (non-hydrogen) atoms. The largest absolute Gasteiger partial charge is 0.482 e. The molecule has 1 aromatic carbocycles. The predicted octanol–water partition coefficient (Wildman–Crippen LogP) is 3.69. The molecule has 2 aromatic heterocycles. The number of ether oxygens (including phenoxy) is 1. The van der Waals surface area contributed by atoms with Crippen molar-refractivity contribution in [2.24, 2.45) is 0 Å². The molecule has 9 heteroatoms. The minimum absolute atomic E-state index is 0.114. The first kappa shape index (κ1) is 21.0. The molecule has 0 saturated heterocycles. The second-order valence-electron chi connectivity index (χ2n) is 8.19. The Morgan fingerprint density at radius 2 is 2.03 bits per heavy atom. The number of fused-ring (bicyclic) bond motifs is 1. The summed E-state index contributed by atoms with van der Waals surface area (Å²) in [5, 5.41) is 7.53. The summed E-state index contributed by atoms with van der Waals surface area (Å²) in [6.45, 7) is 5.88. The predicted molar refractivity (Wildman–Crippen MR) is 121 cm³/mol. The number of nitrogens with one attached hydrogen (secondary N) is 1. The van der Waals surface area contributed by atoms with Crippen LogP contribution in [0, 0.1) is 0 Å². The quantitative estimate of drug-likeness (QED) is 0.610. The second kappa shape index (κ2) is 8.14. The lowest BCUT2D eigenvalue weighted by Gasteiger charge is -2.29. The molecule has 0 unspecified atom stereocenters. The molecule has 0 radical (unpaired) electrons. The maximum Gasteiger partial charge on any atom is 0.265 e. The molecule has 0 bridgehead atoms. The first-order valence-electron chi connectivity index (χ1n) is 9.77. The van der Waals surface area contributed by atoms with Crippen LogP contribution < -0.4 is 15.0 Å². The Kier molecular flexibility index (Phi) is 5.53. The molecule has 160 valence electrons. The van der Waals surface area contributed by atoms with Crippen molar-refractivity contribution >= 4 is 39.2 Å². The molecule has 0 saturated carbocycles. The number of nitrogens with zero attached hydrogens (tertiary/aromatic N) is 4. The molecule has 0 spiro atoms. The van der Waals surface area contributed by atoms with Crippen molar-refractivity contribution in [3.8, 4) is 11.6 Å². The summed E-state index contributed by atoms with van der Waals surface area (Å²) in [6.07, 6.45) is 1.67. The van der Waals surface area contributed by atoms with Crippen molar-refractivity contribution < 1.29 is 14.3 Å². The molecule has 1 N–H and O–H groups in total. The Labute approximate surface area is 188 Å². The SMILES string of the molecule is CC(C)(C)c1cc(NC(=O)CN2C(=O)COc3cc(Br)ccc32)n(-c2ccccn2)n1. The summed E-state index contributed by atoms with van der Waals surface area (Å²) in [6, 6.07) is 12.6. The molecule has 2 amide bonds. The zero-order valence-corrected chi connectivity index (χ0v) is 19.0. The van der Waals surface area contributed by atoms with E-state index in [4.69, 9.17) is 4.74 Å². The maximum absolute atomic E-state index is 12.9. The highest BCUT2D eigenvalue weighted by molar-refractivity contribution is 9.10. The number of amides is 2. The highest BCUT2D eigenvalue weighted by Crippen LogP contribution is 2.34. The molecular weight excluding hydrogens is 462 g/mol. The third kappa shape index (κ3) is 4.46. The van der Waals surface area contributed by atoms with Gasteiger partial charge in [-0.1, -0.05) is 42.8 Å². The van der Waals surface area contributed by atoms with Crippen LogP contribution in [-0.4, -0.2) is 39.7 Å². The fourth-order valence-corrected chi connectivity index (χ4v) is 3.51. The van der Waals surface area contributed by atoms with Gasteiger partial charge in [0.15, 0.2) is 12.4 Å². The van der Waals surface area contributed by atoms with Gasteiger partial charge in [-0.2, -0.15) is 9.78 Å². The molecule has 3 heterocycles. The molecule has 4 rings (SSSR count). The van der Waals surface area contributed by atoms with E-state index in [0.717, 1.165) is 10.2 Å². The van der Waals surface area contributed by atoms with Gasteiger partial charge in [0.2, 0.25) is 5.91 Å². The average Bonchev–Trinajstić information content (AvgIpc) is 3.15. The van der Waals surface area contributed by atoms with Crippen LogP contribution in [0.25, 0.3) is 5.82 Å². The molecular formula is C22H22BrN5O3. The fraction of sp³-hybridized carbons (Fsp3) is 0.273. The number of pyridine rings is 1. The third-order valence-corrected chi connectivity index (χ3v) is 5.27. The van der Waals surface area contributed by atoms with Crippen LogP contribution in [0.2, 0.25) is 0 Å². The summed E-state index contributed by atoms with van der Waals surface area (Å²) in [4.78, 5) is 31.1. The number of rotatable bonds is 4. The van der Waals surface area contributed by atoms with Crippen molar-refractivity contribution in [2.45, 2.75) is 26.2 Å². The van der Waals surface area contributed by atoms with Gasteiger partial charge in [-0.15, -0.1) is 0 Å². The lowest BCUT2D eigenvalue weighted by Crippen LogP contribution is -2.43. The van der Waals surface area contributed by atoms with E-state index in [1.54, 1.807) is 29.1 Å². The van der Waals surface area contributed by atoms with E-state index in [2.05, 4.69) is 31.3 Å². The lowest BCUT2D eigenvalue weighted by molar-refractivity contribution is -0.123. The van der Waals surface area contributed by atoms with Crippen LogP contribution >= 0.6 is 15.9 Å². The zero-order valence-electron chi connectivity index (χ0n) is 17.4. The van der Waals surface area contributed by atoms with Crippen molar-refractivity contribution in [3.05, 3.63) is 58.8 Å². The molecule has 1 aliphatic rings. The van der Waals surface area contributed by atoms with Crippen LogP contribution in [0.4, 0.5) is 11.5 Å². The minimum atomic E-state index is -0.346. The number of aromatic nitrogens is 3. The highest BCUT2D eigenvalue weighted by atomic mass is 79.9. The Morgan fingerprint density at radius 3 is 2.74 bits per heavy atom. The number of anilines is 2. The number of hydrogen-bond donors (Lipinski definition) is 1. The molecule has 3 aromatic rings. The summed E-state index contributed by atoms with van der Waals surface area (Å²) in [7, 11) is 0. The normalized spacial score (nSPS) is 13.5. The van der Waals surface area contributed by atoms with Gasteiger partial charge >= 0.3 is 0 Å². The van der Waals surface area contributed by atoms with Gasteiger partial charge in [-0.3, -0.25) is 14.5 Å². The van der Waals surface area contributed by atoms with Gasteiger partial charge in [-0.25, -0.2) is 4.98 Å². The molecule has 8 nitrogen and oxygen atoms in total. The topological polar surface area (TPSA) is 89.4 Å². The van der Waals surface area contributed by atoms with E-state index >= 15 is 0 Å². The van der Waals surface area contributed by atoms with Crippen LogP contribution in [0.15, 0.2) is 53.1 Å². The second-order valence-corrected chi connectivity index (χ2v) is 9.11. The van der Waals surface area contributed by atoms with E-state index in [1.807, 2.05) is 45.0 Å². The number of carbonyl (C=O) groups is 2. The van der Waals surface area contributed by atoms with Gasteiger partial charge in [-0.05, 0) is 30.3 Å². The van der Waals surface area contributed by atoms with Gasteiger partial charge < -0.3 is 10.1 Å². The van der Waals surface area contributed by atoms with Crippen LogP contribution in [0.1, 0.15) is 26.5 Å². The van der Waals surface area contributed by atoms with E-state index < -0.39 is 0 Å². The van der Waals surface area contributed by atoms with E-state index in [-0.39, 0.29) is 30.4 Å². The van der Waals surface area contributed by atoms with Crippen LogP contribution in [0.5, 0.6) is 5.75 Å². The molecule has 1 aliphatic heterocycles. The highest BCUT2D eigenvalue weighted by Gasteiger charge is 2.28. The Morgan fingerprint density at radius 1 is 1.23 bits per heavy atom. The van der Waals surface area contributed by atoms with Gasteiger partial charge in [0.25, 0.3) is 5.91 Å². The van der Waals surface area contributed by atoms with Gasteiger partial charge in [0.05, 0.1) is 11.4 Å². The Balaban J connectivity index is 1.61. The van der Waals surface area contributed by atoms with Gasteiger partial charge in [0, 0.05) is 22.2 Å². The number of carbonyl (C=O) groups excluding carboxylic acids is 2. The van der Waals surface area contributed by atoms with Crippen LogP contribution in [0.3, 0.4) is 0 Å². The lowest BCUT2D eigenvalue weighted by atomic mass is 9.92. The number of halogens is 1. The zero-order chi connectivity index (χ0) is 22.2. The number of benzene rings is 1. The first-order valence-corrected chi connectivity index (χ1v) is 10.6. The molecule has 0 aliphatic carbocycles. The van der Waals surface area contributed by atoms with Crippen molar-refractivity contribution in [3.63, 3.8) is 0 Å². The molecule has 0 atom stereocenters. The average molecular weight is 484 g/mol. The maximum atomic E-state index is 12.9. The van der Waals surface area contributed by atoms with Crippen molar-refractivity contribution in [2.75, 3.05) is 23.4 Å². The Hall–Kier alpha value is -3.20. The molecule has 0 fully saturated rings. The number of hydrogen-bond acceptors (Lipinski definition) is 5. The third-order valence-electron chi connectivity index (χ3n) is 4.78. The summed E-state index contributed by atoms with van der Waals surface area (Å²) >= 11 is 3.39. The van der Waals surface area contributed by atoms with Gasteiger partial charge in [0.1, 0.15) is 18.1 Å². The fourth-order valence-electron chi connectivity index (χ4n) is 3.17. The monoisotopic (exact) mass is 483 g/mol. The van der Waals surface area contributed by atoms with Crippen molar-refractivity contribution in [1.82, 2.24) is 14.8 Å². The smallest absolute Gasteiger partial charge is 0.265 e. The summed E-state index contributed by atoms with van der Waals surface area (Å²) in [5.74, 6) is 1.01. The summed E-state index contributed by atoms with van der Waals surface area (Å²) < 4.78 is 7.92. The standard InChI is InChI=1S/C22H22BrN5O3/c1-22(2,3)17-11-19(28(26-17)18-6-4-5-9-24-18)25-20(29)12-27-15-8-7-14(23)10-16(15)31-13-21(27)30/h4-11H,12-13H2,1-3H3,(H,25,29). The van der Waals surface area contributed by atoms with E-state index in [9.17, 15) is 9.59 Å². The van der Waals surface area contributed by atoms with E-state index in [0.29, 0.717) is 23.1 Å². The van der Waals surface area contributed by atoms with Crippen LogP contribution in [-0.2, 0) is 15.0 Å². The summed E-state index contributed by atoms with van der Waals surface area (Å²) in [5.41, 5.74) is 1.15. The Bertz CT molecular complexity index is 1140. The van der Waals surface area contributed by atoms with Crippen molar-refractivity contribution in [1.29, 1.82) is 0 Å². The van der Waals surface area contributed by atoms with E-state index in [1.165, 1.54) is 4.90 Å².